The van der Waals surface area contributed by atoms with Gasteiger partial charge in [-0.2, -0.15) is 5.26 Å². The van der Waals surface area contributed by atoms with Crippen molar-refractivity contribution in [1.82, 2.24) is 0 Å². The molecular weight excluding hydrogens is 118 g/mol. The van der Waals surface area contributed by atoms with Crippen LogP contribution in [-0.2, 0) is 0 Å². The van der Waals surface area contributed by atoms with Gasteiger partial charge in [-0.3, -0.25) is 0 Å². The number of thioether (sulfide) groups is 1. The summed E-state index contributed by atoms with van der Waals surface area (Å²) < 4.78 is 0. The van der Waals surface area contributed by atoms with Gasteiger partial charge in [-0.15, -0.1) is 11.8 Å². The minimum absolute atomic E-state index is 0.632. The van der Waals surface area contributed by atoms with E-state index >= 15 is 0 Å². The van der Waals surface area contributed by atoms with E-state index in [0.717, 1.165) is 6.42 Å². The predicted octanol–water partition coefficient (Wildman–Crippen LogP) is 1.92. The van der Waals surface area contributed by atoms with Crippen molar-refractivity contribution in [2.45, 2.75) is 12.8 Å². The molecule has 1 heterocycles. The van der Waals surface area contributed by atoms with Gasteiger partial charge in [0, 0.05) is 5.75 Å². The molecule has 0 N–H and O–H groups in total. The summed E-state index contributed by atoms with van der Waals surface area (Å²) in [5.74, 6) is 1.18. The molecule has 0 radical (unpaired) electrons. The number of nitrogens with zero attached hydrogens (tertiary/aromatic N) is 1. The van der Waals surface area contributed by atoms with E-state index in [0.29, 0.717) is 6.42 Å². The van der Waals surface area contributed by atoms with Crippen molar-refractivity contribution in [3.63, 3.8) is 0 Å². The smallest absolute Gasteiger partial charge is 0.0666 e. The first-order valence-corrected chi connectivity index (χ1v) is 3.65. The van der Waals surface area contributed by atoms with Crippen LogP contribution in [-0.4, -0.2) is 5.75 Å². The van der Waals surface area contributed by atoms with Gasteiger partial charge in [-0.1, -0.05) is 0 Å². The van der Waals surface area contributed by atoms with Crippen molar-refractivity contribution in [3.05, 3.63) is 11.0 Å². The lowest BCUT2D eigenvalue weighted by Gasteiger charge is -1.85. The van der Waals surface area contributed by atoms with Crippen LogP contribution >= 0.6 is 11.8 Å². The first-order chi connectivity index (χ1) is 3.93. The van der Waals surface area contributed by atoms with Crippen LogP contribution in [0.15, 0.2) is 11.0 Å². The first-order valence-electron chi connectivity index (χ1n) is 2.60. The fourth-order valence-corrected chi connectivity index (χ4v) is 1.59. The normalized spacial score (nSPS) is 17.6. The van der Waals surface area contributed by atoms with Crippen LogP contribution < -0.4 is 0 Å². The van der Waals surface area contributed by atoms with Crippen LogP contribution in [0.1, 0.15) is 12.8 Å². The molecule has 0 fully saturated rings. The van der Waals surface area contributed by atoms with Crippen molar-refractivity contribution in [2.24, 2.45) is 0 Å². The van der Waals surface area contributed by atoms with Gasteiger partial charge in [0.25, 0.3) is 0 Å². The largest absolute Gasteiger partial charge is 0.198 e. The maximum absolute atomic E-state index is 8.23. The van der Waals surface area contributed by atoms with Gasteiger partial charge in [0.2, 0.25) is 0 Å². The molecule has 0 saturated carbocycles. The van der Waals surface area contributed by atoms with Crippen LogP contribution in [0.25, 0.3) is 0 Å². The van der Waals surface area contributed by atoms with Gasteiger partial charge in [0.15, 0.2) is 0 Å². The zero-order chi connectivity index (χ0) is 5.82. The second kappa shape index (κ2) is 2.78. The van der Waals surface area contributed by atoms with E-state index < -0.39 is 0 Å². The summed E-state index contributed by atoms with van der Waals surface area (Å²) in [6.07, 6.45) is 1.76. The van der Waals surface area contributed by atoms with E-state index in [1.807, 2.05) is 11.8 Å². The van der Waals surface area contributed by atoms with Gasteiger partial charge in [0.05, 0.1) is 12.5 Å². The van der Waals surface area contributed by atoms with Crippen molar-refractivity contribution < 1.29 is 0 Å². The van der Waals surface area contributed by atoms with Gasteiger partial charge in [-0.25, -0.2) is 0 Å². The van der Waals surface area contributed by atoms with Crippen LogP contribution in [0.3, 0.4) is 0 Å². The second-order valence-corrected chi connectivity index (χ2v) is 2.71. The molecular formula is C6H7NS. The highest BCUT2D eigenvalue weighted by molar-refractivity contribution is 8.02. The van der Waals surface area contributed by atoms with Gasteiger partial charge >= 0.3 is 0 Å². The molecule has 0 aliphatic carbocycles. The maximum Gasteiger partial charge on any atom is 0.0666 e. The Labute approximate surface area is 53.4 Å². The minimum atomic E-state index is 0.632. The summed E-state index contributed by atoms with van der Waals surface area (Å²) in [6.45, 7) is 0. The molecule has 0 spiro atoms. The summed E-state index contributed by atoms with van der Waals surface area (Å²) in [4.78, 5) is 0. The fraction of sp³-hybridized carbons (Fsp3) is 0.500. The quantitative estimate of drug-likeness (QED) is 0.534. The van der Waals surface area contributed by atoms with Crippen molar-refractivity contribution >= 4 is 11.8 Å². The molecule has 8 heavy (non-hydrogen) atoms. The Balaban J connectivity index is 2.36. The van der Waals surface area contributed by atoms with Crippen molar-refractivity contribution in [2.75, 3.05) is 5.75 Å². The predicted molar refractivity (Wildman–Crippen MR) is 35.4 cm³/mol. The fourth-order valence-electron chi connectivity index (χ4n) is 0.657. The van der Waals surface area contributed by atoms with E-state index in [1.165, 1.54) is 11.3 Å². The molecule has 0 atom stereocenters. The molecule has 0 aromatic carbocycles. The number of nitriles is 1. The number of rotatable bonds is 1. The summed E-state index contributed by atoms with van der Waals surface area (Å²) >= 11 is 1.81. The highest BCUT2D eigenvalue weighted by Crippen LogP contribution is 2.23. The van der Waals surface area contributed by atoms with Crippen molar-refractivity contribution in [1.29, 1.82) is 5.26 Å². The van der Waals surface area contributed by atoms with E-state index in [-0.39, 0.29) is 0 Å². The molecule has 0 aromatic rings. The zero-order valence-corrected chi connectivity index (χ0v) is 5.37. The van der Waals surface area contributed by atoms with E-state index in [4.69, 9.17) is 5.26 Å². The van der Waals surface area contributed by atoms with E-state index in [1.54, 1.807) is 0 Å². The van der Waals surface area contributed by atoms with Gasteiger partial charge < -0.3 is 0 Å². The zero-order valence-electron chi connectivity index (χ0n) is 4.55. The standard InChI is InChI=1S/C6H7NS/c7-3-1-6-2-4-8-5-6/h5H,1-2,4H2. The molecule has 2 heteroatoms. The minimum Gasteiger partial charge on any atom is -0.198 e. The SMILES string of the molecule is N#CCC1=CSCC1. The monoisotopic (exact) mass is 125 g/mol. The molecule has 1 aliphatic heterocycles. The van der Waals surface area contributed by atoms with E-state index in [2.05, 4.69) is 11.5 Å². The third-order valence-electron chi connectivity index (χ3n) is 1.10. The molecule has 1 nitrogen and oxygen atoms in total. The molecule has 0 aromatic heterocycles. The Hall–Kier alpha value is -0.420. The molecule has 0 bridgehead atoms. The number of allylic oxidation sites excluding steroid dienone is 1. The molecule has 1 rings (SSSR count). The molecule has 0 saturated heterocycles. The van der Waals surface area contributed by atoms with E-state index in [9.17, 15) is 0 Å². The summed E-state index contributed by atoms with van der Waals surface area (Å²) in [7, 11) is 0. The Morgan fingerprint density at radius 1 is 1.88 bits per heavy atom. The van der Waals surface area contributed by atoms with Crippen LogP contribution in [0.2, 0.25) is 0 Å². The Kier molecular flexibility index (Phi) is 1.99. The van der Waals surface area contributed by atoms with Crippen LogP contribution in [0.5, 0.6) is 0 Å². The third-order valence-corrected chi connectivity index (χ3v) is 2.04. The second-order valence-electron chi connectivity index (χ2n) is 1.73. The molecule has 42 valence electrons. The van der Waals surface area contributed by atoms with Gasteiger partial charge in [-0.05, 0) is 17.4 Å². The lowest BCUT2D eigenvalue weighted by Crippen LogP contribution is -1.74. The summed E-state index contributed by atoms with van der Waals surface area (Å²) in [5, 5.41) is 10.3. The molecule has 0 amide bonds. The Morgan fingerprint density at radius 2 is 2.75 bits per heavy atom. The van der Waals surface area contributed by atoms with Crippen LogP contribution in [0, 0.1) is 11.3 Å². The van der Waals surface area contributed by atoms with Crippen LogP contribution in [0.4, 0.5) is 0 Å². The molecule has 0 unspecified atom stereocenters. The number of hydrogen-bond donors (Lipinski definition) is 0. The average molecular weight is 125 g/mol. The maximum atomic E-state index is 8.23. The average Bonchev–Trinajstić information content (AvgIpc) is 2.19. The third kappa shape index (κ3) is 1.28. The lowest BCUT2D eigenvalue weighted by atomic mass is 10.2. The Morgan fingerprint density at radius 3 is 3.25 bits per heavy atom. The number of hydrogen-bond acceptors (Lipinski definition) is 2. The Bertz CT molecular complexity index is 143. The topological polar surface area (TPSA) is 23.8 Å². The lowest BCUT2D eigenvalue weighted by molar-refractivity contribution is 1.07. The highest BCUT2D eigenvalue weighted by Gasteiger charge is 2.02. The molecule has 1 aliphatic rings. The van der Waals surface area contributed by atoms with Crippen molar-refractivity contribution in [3.8, 4) is 6.07 Å². The van der Waals surface area contributed by atoms with Gasteiger partial charge in [0.1, 0.15) is 0 Å². The summed E-state index contributed by atoms with van der Waals surface area (Å²) in [5.41, 5.74) is 1.30. The first kappa shape index (κ1) is 5.71. The highest BCUT2D eigenvalue weighted by atomic mass is 32.2. The summed E-state index contributed by atoms with van der Waals surface area (Å²) in [6, 6.07) is 2.13.